The van der Waals surface area contributed by atoms with Gasteiger partial charge in [0.25, 0.3) is 0 Å². The molecule has 6 heteroatoms. The Morgan fingerprint density at radius 2 is 2.25 bits per heavy atom. The highest BCUT2D eigenvalue weighted by Gasteiger charge is 2.10. The van der Waals surface area contributed by atoms with Crippen molar-refractivity contribution in [3.8, 4) is 0 Å². The number of aromatic amines is 1. The molecule has 0 aliphatic rings. The van der Waals surface area contributed by atoms with Crippen LogP contribution in [0.1, 0.15) is 26.6 Å². The van der Waals surface area contributed by atoms with Crippen LogP contribution in [0.15, 0.2) is 6.33 Å². The first-order valence-electron chi connectivity index (χ1n) is 5.33. The molecule has 1 aromatic rings. The number of rotatable bonds is 5. The second kappa shape index (κ2) is 5.60. The summed E-state index contributed by atoms with van der Waals surface area (Å²) in [5.74, 6) is 0.776. The third-order valence-electron chi connectivity index (χ3n) is 1.93. The van der Waals surface area contributed by atoms with Crippen LogP contribution in [0, 0.1) is 0 Å². The zero-order valence-corrected chi connectivity index (χ0v) is 10.0. The van der Waals surface area contributed by atoms with E-state index in [-0.39, 0.29) is 11.4 Å². The molecule has 0 radical (unpaired) electrons. The Bertz CT molecular complexity index is 314. The number of carbonyl (C=O) groups is 1. The summed E-state index contributed by atoms with van der Waals surface area (Å²) >= 11 is 0. The van der Waals surface area contributed by atoms with Gasteiger partial charge in [-0.2, -0.15) is 5.10 Å². The van der Waals surface area contributed by atoms with E-state index < -0.39 is 0 Å². The summed E-state index contributed by atoms with van der Waals surface area (Å²) in [6, 6.07) is 0. The van der Waals surface area contributed by atoms with Gasteiger partial charge in [-0.15, -0.1) is 0 Å². The van der Waals surface area contributed by atoms with E-state index >= 15 is 0 Å². The summed E-state index contributed by atoms with van der Waals surface area (Å²) in [5.41, 5.74) is -0.0394. The quantitative estimate of drug-likeness (QED) is 0.651. The fraction of sp³-hybridized carbons (Fsp3) is 0.700. The third kappa shape index (κ3) is 5.45. The second-order valence-electron chi connectivity index (χ2n) is 4.64. The largest absolute Gasteiger partial charge is 0.355 e. The number of carbonyl (C=O) groups excluding carboxylic acids is 1. The van der Waals surface area contributed by atoms with E-state index in [1.54, 1.807) is 0 Å². The van der Waals surface area contributed by atoms with Crippen LogP contribution in [0.25, 0.3) is 0 Å². The van der Waals surface area contributed by atoms with Crippen LogP contribution in [-0.2, 0) is 11.2 Å². The van der Waals surface area contributed by atoms with Crippen molar-refractivity contribution in [1.29, 1.82) is 0 Å². The Hall–Kier alpha value is -1.43. The lowest BCUT2D eigenvalue weighted by atomic mass is 10.1. The summed E-state index contributed by atoms with van der Waals surface area (Å²) in [6.07, 6.45) is 2.12. The van der Waals surface area contributed by atoms with E-state index in [1.165, 1.54) is 6.33 Å². The molecule has 1 heterocycles. The Morgan fingerprint density at radius 3 is 2.81 bits per heavy atom. The van der Waals surface area contributed by atoms with E-state index in [4.69, 9.17) is 0 Å². The van der Waals surface area contributed by atoms with Gasteiger partial charge in [0.2, 0.25) is 5.91 Å². The molecule has 0 atom stereocenters. The lowest BCUT2D eigenvalue weighted by Gasteiger charge is -2.19. The first-order valence-corrected chi connectivity index (χ1v) is 5.33. The predicted molar refractivity (Wildman–Crippen MR) is 60.9 cm³/mol. The van der Waals surface area contributed by atoms with Gasteiger partial charge in [0.1, 0.15) is 12.2 Å². The monoisotopic (exact) mass is 225 g/mol. The number of aromatic nitrogens is 3. The van der Waals surface area contributed by atoms with Gasteiger partial charge in [-0.3, -0.25) is 9.89 Å². The van der Waals surface area contributed by atoms with Gasteiger partial charge in [0, 0.05) is 18.5 Å². The van der Waals surface area contributed by atoms with Gasteiger partial charge in [-0.25, -0.2) is 4.98 Å². The van der Waals surface area contributed by atoms with E-state index in [1.807, 2.05) is 20.8 Å². The van der Waals surface area contributed by atoms with Gasteiger partial charge in [-0.05, 0) is 20.8 Å². The number of nitrogens with zero attached hydrogens (tertiary/aromatic N) is 2. The van der Waals surface area contributed by atoms with Crippen molar-refractivity contribution in [2.24, 2.45) is 0 Å². The van der Waals surface area contributed by atoms with E-state index in [0.29, 0.717) is 19.5 Å². The lowest BCUT2D eigenvalue weighted by Crippen LogP contribution is -2.43. The number of H-pyrrole nitrogens is 1. The summed E-state index contributed by atoms with van der Waals surface area (Å²) in [6.45, 7) is 6.97. The average molecular weight is 225 g/mol. The molecule has 0 aliphatic heterocycles. The molecule has 0 fully saturated rings. The van der Waals surface area contributed by atoms with Crippen LogP contribution < -0.4 is 10.6 Å². The Balaban J connectivity index is 2.11. The Labute approximate surface area is 95.2 Å². The second-order valence-corrected chi connectivity index (χ2v) is 4.64. The highest BCUT2D eigenvalue weighted by atomic mass is 16.1. The number of amides is 1. The zero-order valence-electron chi connectivity index (χ0n) is 10.0. The van der Waals surface area contributed by atoms with Crippen LogP contribution in [-0.4, -0.2) is 39.7 Å². The first kappa shape index (κ1) is 12.6. The minimum absolute atomic E-state index is 0.00515. The highest BCUT2D eigenvalue weighted by Crippen LogP contribution is 1.96. The van der Waals surface area contributed by atoms with Gasteiger partial charge in [0.05, 0.1) is 6.54 Å². The molecule has 1 rings (SSSR count). The fourth-order valence-electron chi connectivity index (χ4n) is 1.08. The van der Waals surface area contributed by atoms with Crippen molar-refractivity contribution in [2.75, 3.05) is 13.1 Å². The minimum Gasteiger partial charge on any atom is -0.355 e. The normalized spacial score (nSPS) is 11.4. The summed E-state index contributed by atoms with van der Waals surface area (Å²) in [7, 11) is 0. The van der Waals surface area contributed by atoms with Gasteiger partial charge < -0.3 is 10.6 Å². The smallest absolute Gasteiger partial charge is 0.233 e. The zero-order chi connectivity index (χ0) is 12.0. The molecular weight excluding hydrogens is 206 g/mol. The maximum Gasteiger partial charge on any atom is 0.233 e. The Morgan fingerprint density at radius 1 is 1.50 bits per heavy atom. The topological polar surface area (TPSA) is 82.7 Å². The molecule has 0 saturated heterocycles. The maximum atomic E-state index is 11.4. The molecule has 0 unspecified atom stereocenters. The van der Waals surface area contributed by atoms with E-state index in [0.717, 1.165) is 5.82 Å². The SMILES string of the molecule is CC(C)(C)NCC(=O)NCCc1ncn[nH]1. The van der Waals surface area contributed by atoms with Gasteiger partial charge in [-0.1, -0.05) is 0 Å². The van der Waals surface area contributed by atoms with Gasteiger partial charge >= 0.3 is 0 Å². The summed E-state index contributed by atoms with van der Waals surface area (Å²) in [5, 5.41) is 12.4. The predicted octanol–water partition coefficient (Wildman–Crippen LogP) is -0.148. The van der Waals surface area contributed by atoms with E-state index in [2.05, 4.69) is 25.8 Å². The molecule has 6 nitrogen and oxygen atoms in total. The minimum atomic E-state index is -0.0394. The molecule has 0 spiro atoms. The van der Waals surface area contributed by atoms with Crippen molar-refractivity contribution >= 4 is 5.91 Å². The summed E-state index contributed by atoms with van der Waals surface area (Å²) < 4.78 is 0. The molecule has 1 amide bonds. The van der Waals surface area contributed by atoms with Crippen LogP contribution in [0.4, 0.5) is 0 Å². The Kier molecular flexibility index (Phi) is 4.42. The van der Waals surface area contributed by atoms with Crippen LogP contribution >= 0.6 is 0 Å². The lowest BCUT2D eigenvalue weighted by molar-refractivity contribution is -0.120. The van der Waals surface area contributed by atoms with Crippen LogP contribution in [0.5, 0.6) is 0 Å². The molecule has 90 valence electrons. The average Bonchev–Trinajstić information content (AvgIpc) is 2.66. The van der Waals surface area contributed by atoms with Crippen LogP contribution in [0.3, 0.4) is 0 Å². The maximum absolute atomic E-state index is 11.4. The molecule has 0 aliphatic carbocycles. The highest BCUT2D eigenvalue weighted by molar-refractivity contribution is 5.78. The van der Waals surface area contributed by atoms with Gasteiger partial charge in [0.15, 0.2) is 0 Å². The van der Waals surface area contributed by atoms with Crippen molar-refractivity contribution < 1.29 is 4.79 Å². The molecule has 0 saturated carbocycles. The molecule has 3 N–H and O–H groups in total. The fourth-order valence-corrected chi connectivity index (χ4v) is 1.08. The standard InChI is InChI=1S/C10H19N5O/c1-10(2,3)13-6-9(16)11-5-4-8-12-7-14-15-8/h7,13H,4-6H2,1-3H3,(H,11,16)(H,12,14,15). The molecule has 1 aromatic heterocycles. The molecule has 16 heavy (non-hydrogen) atoms. The van der Waals surface area contributed by atoms with Crippen molar-refractivity contribution in [3.05, 3.63) is 12.2 Å². The number of hydrogen-bond acceptors (Lipinski definition) is 4. The summed E-state index contributed by atoms with van der Waals surface area (Å²) in [4.78, 5) is 15.4. The van der Waals surface area contributed by atoms with Crippen molar-refractivity contribution in [2.45, 2.75) is 32.7 Å². The van der Waals surface area contributed by atoms with Crippen molar-refractivity contribution in [3.63, 3.8) is 0 Å². The molecule has 0 aromatic carbocycles. The molecule has 0 bridgehead atoms. The molecular formula is C10H19N5O. The van der Waals surface area contributed by atoms with Crippen molar-refractivity contribution in [1.82, 2.24) is 25.8 Å². The number of nitrogens with one attached hydrogen (secondary N) is 3. The number of hydrogen-bond donors (Lipinski definition) is 3. The van der Waals surface area contributed by atoms with E-state index in [9.17, 15) is 4.79 Å². The third-order valence-corrected chi connectivity index (χ3v) is 1.93. The first-order chi connectivity index (χ1) is 7.47. The van der Waals surface area contributed by atoms with Crippen LogP contribution in [0.2, 0.25) is 0 Å².